The Kier molecular flexibility index (Phi) is 8.92. The third kappa shape index (κ3) is 7.72. The second-order valence-corrected chi connectivity index (χ2v) is 12.6. The zero-order chi connectivity index (χ0) is 27.3. The number of nitrogens with zero attached hydrogens (tertiary/aromatic N) is 6. The molecule has 4 heterocycles. The molecular formula is C22H20F6N6OS2. The molecule has 15 heteroatoms. The topological polar surface area (TPSA) is 115 Å². The van der Waals surface area contributed by atoms with Crippen molar-refractivity contribution in [3.8, 4) is 12.4 Å². The lowest BCUT2D eigenvalue weighted by Crippen LogP contribution is -2.09. The lowest BCUT2D eigenvalue weighted by molar-refractivity contribution is -0.142. The molecule has 0 N–H and O–H groups in total. The molecule has 2 aliphatic rings. The number of aromatic nitrogens is 2. The van der Waals surface area contributed by atoms with E-state index >= 15 is 0 Å². The van der Waals surface area contributed by atoms with E-state index in [0.29, 0.717) is 17.7 Å². The molecule has 198 valence electrons. The Morgan fingerprint density at radius 2 is 1.46 bits per heavy atom. The second kappa shape index (κ2) is 11.6. The molecule has 4 rings (SSSR count). The van der Waals surface area contributed by atoms with Gasteiger partial charge in [-0.1, -0.05) is 22.8 Å². The highest BCUT2D eigenvalue weighted by molar-refractivity contribution is 7.94. The molecular weight excluding hydrogens is 542 g/mol. The summed E-state index contributed by atoms with van der Waals surface area (Å²) < 4.78 is 93.3. The van der Waals surface area contributed by atoms with Gasteiger partial charge in [-0.15, -0.1) is 4.36 Å². The third-order valence-electron chi connectivity index (χ3n) is 5.82. The molecule has 4 atom stereocenters. The molecule has 0 spiro atoms. The van der Waals surface area contributed by atoms with Crippen LogP contribution >= 0.6 is 0 Å². The van der Waals surface area contributed by atoms with Gasteiger partial charge in [0.05, 0.1) is 9.73 Å². The van der Waals surface area contributed by atoms with E-state index in [1.54, 1.807) is 6.19 Å². The minimum atomic E-state index is -4.46. The molecule has 37 heavy (non-hydrogen) atoms. The number of rotatable bonds is 2. The largest absolute Gasteiger partial charge is 0.433 e. The van der Waals surface area contributed by atoms with Gasteiger partial charge >= 0.3 is 12.4 Å². The van der Waals surface area contributed by atoms with Crippen molar-refractivity contribution in [1.82, 2.24) is 9.97 Å². The lowest BCUT2D eigenvalue weighted by atomic mass is 10.0. The highest BCUT2D eigenvalue weighted by Gasteiger charge is 2.34. The predicted molar refractivity (Wildman–Crippen MR) is 124 cm³/mol. The summed E-state index contributed by atoms with van der Waals surface area (Å²) in [5.41, 5.74) is -0.417. The van der Waals surface area contributed by atoms with Crippen LogP contribution in [0.15, 0.2) is 45.4 Å². The predicted octanol–water partition coefficient (Wildman–Crippen LogP) is 5.41. The number of halogens is 6. The molecule has 0 radical (unpaired) electrons. The van der Waals surface area contributed by atoms with Crippen LogP contribution in [0.5, 0.6) is 0 Å². The second-order valence-electron chi connectivity index (χ2n) is 8.28. The van der Waals surface area contributed by atoms with E-state index in [0.717, 1.165) is 41.8 Å². The van der Waals surface area contributed by atoms with E-state index in [-0.39, 0.29) is 28.3 Å². The molecule has 0 aliphatic carbocycles. The van der Waals surface area contributed by atoms with Crippen molar-refractivity contribution in [3.63, 3.8) is 0 Å². The van der Waals surface area contributed by atoms with Crippen LogP contribution in [0, 0.1) is 22.9 Å². The van der Waals surface area contributed by atoms with Crippen LogP contribution < -0.4 is 0 Å². The summed E-state index contributed by atoms with van der Waals surface area (Å²) >= 11 is 0. The summed E-state index contributed by atoms with van der Waals surface area (Å²) in [7, 11) is -2.79. The Hall–Kier alpha value is -3.04. The van der Waals surface area contributed by atoms with Gasteiger partial charge in [-0.05, 0) is 47.9 Å². The summed E-state index contributed by atoms with van der Waals surface area (Å²) in [6.07, 6.45) is -1.71. The maximum absolute atomic E-state index is 12.4. The summed E-state index contributed by atoms with van der Waals surface area (Å²) in [6, 6.07) is 4.74. The molecule has 2 saturated heterocycles. The first kappa shape index (κ1) is 28.5. The molecule has 4 unspecified atom stereocenters. The van der Waals surface area contributed by atoms with Crippen molar-refractivity contribution in [2.75, 3.05) is 23.0 Å². The van der Waals surface area contributed by atoms with Crippen LogP contribution in [0.1, 0.15) is 47.2 Å². The third-order valence-corrected chi connectivity index (χ3v) is 9.86. The van der Waals surface area contributed by atoms with E-state index in [1.807, 2.05) is 0 Å². The minimum absolute atomic E-state index is 0.153. The summed E-state index contributed by atoms with van der Waals surface area (Å²) in [6.45, 7) is 0. The standard InChI is InChI=1S/C11H10F3N3OS.C11H10F3N3S/c12-11(13,14)10-2-1-8(5-16-10)9-3-4-19(18,6-9)17-7-15;12-11(13,14)10-2-1-8(5-16-10)9-3-4-18(6-9)17-7-15/h1-2,5,9H,3-4,6H2;1-2,5,9H,3-4,6H2. The van der Waals surface area contributed by atoms with Crippen molar-refractivity contribution in [2.24, 2.45) is 8.73 Å². The van der Waals surface area contributed by atoms with Gasteiger partial charge in [-0.3, -0.25) is 9.97 Å². The monoisotopic (exact) mass is 562 g/mol. The SMILES string of the molecule is N#CN=S1(=O)CCC(c2ccc(C(F)(F)F)nc2)C1.N#CN=S1CCC(c2ccc(C(F)(F)F)nc2)C1. The van der Waals surface area contributed by atoms with E-state index in [1.165, 1.54) is 24.5 Å². The maximum Gasteiger partial charge on any atom is 0.433 e. The van der Waals surface area contributed by atoms with Crippen molar-refractivity contribution in [2.45, 2.75) is 37.0 Å². The number of alkyl halides is 6. The quantitative estimate of drug-likeness (QED) is 0.359. The fourth-order valence-electron chi connectivity index (χ4n) is 3.94. The average Bonchev–Trinajstić information content (AvgIpc) is 3.46. The molecule has 0 saturated carbocycles. The number of nitriles is 2. The normalized spacial score (nSPS) is 25.6. The Morgan fingerprint density at radius 1 is 0.892 bits per heavy atom. The van der Waals surface area contributed by atoms with Crippen molar-refractivity contribution < 1.29 is 30.6 Å². The van der Waals surface area contributed by atoms with E-state index in [9.17, 15) is 30.6 Å². The van der Waals surface area contributed by atoms with Crippen LogP contribution in [-0.2, 0) is 32.8 Å². The Labute approximate surface area is 211 Å². The van der Waals surface area contributed by atoms with Crippen molar-refractivity contribution in [1.29, 1.82) is 10.5 Å². The van der Waals surface area contributed by atoms with Gasteiger partial charge in [-0.25, -0.2) is 4.21 Å². The molecule has 0 aromatic carbocycles. The average molecular weight is 563 g/mol. The lowest BCUT2D eigenvalue weighted by Gasteiger charge is -2.10. The molecule has 2 aliphatic heterocycles. The van der Waals surface area contributed by atoms with Gasteiger partial charge in [-0.2, -0.15) is 41.2 Å². The highest BCUT2D eigenvalue weighted by Crippen LogP contribution is 2.33. The van der Waals surface area contributed by atoms with Gasteiger partial charge in [0, 0.05) is 35.4 Å². The van der Waals surface area contributed by atoms with Crippen LogP contribution in [0.3, 0.4) is 0 Å². The highest BCUT2D eigenvalue weighted by atomic mass is 32.2. The Bertz CT molecular complexity index is 1330. The zero-order valence-corrected chi connectivity index (χ0v) is 20.7. The van der Waals surface area contributed by atoms with Crippen molar-refractivity contribution in [3.05, 3.63) is 59.2 Å². The van der Waals surface area contributed by atoms with Crippen LogP contribution in [0.4, 0.5) is 26.3 Å². The van der Waals surface area contributed by atoms with Crippen LogP contribution in [-0.4, -0.2) is 37.2 Å². The Morgan fingerprint density at radius 3 is 1.92 bits per heavy atom. The first-order valence-corrected chi connectivity index (χ1v) is 14.2. The zero-order valence-electron chi connectivity index (χ0n) is 19.0. The Balaban J connectivity index is 0.000000206. The summed E-state index contributed by atoms with van der Waals surface area (Å²) in [5, 5.41) is 16.9. The van der Waals surface area contributed by atoms with Crippen molar-refractivity contribution >= 4 is 20.4 Å². The smallest absolute Gasteiger partial charge is 0.251 e. The van der Waals surface area contributed by atoms with Gasteiger partial charge in [0.1, 0.15) is 11.4 Å². The molecule has 2 aromatic heterocycles. The van der Waals surface area contributed by atoms with E-state index < -0.39 is 33.5 Å². The van der Waals surface area contributed by atoms with Gasteiger partial charge in [0.2, 0.25) is 12.4 Å². The maximum atomic E-state index is 12.4. The van der Waals surface area contributed by atoms with Gasteiger partial charge < -0.3 is 0 Å². The summed E-state index contributed by atoms with van der Waals surface area (Å²) in [4.78, 5) is 6.82. The molecule has 2 aromatic rings. The number of pyridine rings is 2. The summed E-state index contributed by atoms with van der Waals surface area (Å²) in [5.74, 6) is 2.08. The van der Waals surface area contributed by atoms with Gasteiger partial charge in [0.25, 0.3) is 0 Å². The first-order chi connectivity index (χ1) is 17.3. The van der Waals surface area contributed by atoms with E-state index in [4.69, 9.17) is 10.5 Å². The fourth-order valence-corrected chi connectivity index (χ4v) is 7.89. The molecule has 2 fully saturated rings. The van der Waals surface area contributed by atoms with Gasteiger partial charge in [0.15, 0.2) is 0 Å². The van der Waals surface area contributed by atoms with E-state index in [2.05, 4.69) is 18.7 Å². The first-order valence-electron chi connectivity index (χ1n) is 10.8. The van der Waals surface area contributed by atoms with Crippen LogP contribution in [0.2, 0.25) is 0 Å². The number of hydrogen-bond acceptors (Lipinski definition) is 7. The molecule has 0 amide bonds. The number of hydrogen-bond donors (Lipinski definition) is 0. The minimum Gasteiger partial charge on any atom is -0.251 e. The fraction of sp³-hybridized carbons (Fsp3) is 0.455. The van der Waals surface area contributed by atoms with Crippen LogP contribution in [0.25, 0.3) is 0 Å². The molecule has 0 bridgehead atoms. The molecule has 7 nitrogen and oxygen atoms in total.